The molecule has 2 aromatic heterocycles. The van der Waals surface area contributed by atoms with Crippen molar-refractivity contribution in [2.45, 2.75) is 33.4 Å². The van der Waals surface area contributed by atoms with Crippen LogP contribution in [0.4, 0.5) is 0 Å². The van der Waals surface area contributed by atoms with Crippen molar-refractivity contribution < 1.29 is 0 Å². The number of halogens is 1. The molecule has 0 aliphatic heterocycles. The summed E-state index contributed by atoms with van der Waals surface area (Å²) >= 11 is 6.24. The number of nitrogens with zero attached hydrogens (tertiary/aromatic N) is 4. The number of aromatic nitrogens is 4. The predicted octanol–water partition coefficient (Wildman–Crippen LogP) is 3.18. The van der Waals surface area contributed by atoms with Crippen molar-refractivity contribution in [3.63, 3.8) is 0 Å². The van der Waals surface area contributed by atoms with Crippen LogP contribution in [0.5, 0.6) is 0 Å². The summed E-state index contributed by atoms with van der Waals surface area (Å²) in [5.41, 5.74) is 2.50. The number of aryl methyl sites for hydroxylation is 1. The van der Waals surface area contributed by atoms with Gasteiger partial charge in [-0.3, -0.25) is 9.36 Å². The number of rotatable bonds is 3. The van der Waals surface area contributed by atoms with Gasteiger partial charge in [0.1, 0.15) is 11.7 Å². The van der Waals surface area contributed by atoms with Gasteiger partial charge in [0.15, 0.2) is 5.65 Å². The molecule has 0 bridgehead atoms. The average Bonchev–Trinajstić information content (AvgIpc) is 2.89. The van der Waals surface area contributed by atoms with E-state index in [1.54, 1.807) is 21.8 Å². The van der Waals surface area contributed by atoms with Gasteiger partial charge in [-0.1, -0.05) is 23.7 Å². The normalized spacial score (nSPS) is 11.5. The lowest BCUT2D eigenvalue weighted by atomic mass is 10.1. The first kappa shape index (κ1) is 14.8. The van der Waals surface area contributed by atoms with Crippen molar-refractivity contribution in [3.8, 4) is 0 Å². The van der Waals surface area contributed by atoms with E-state index in [1.807, 2.05) is 39.0 Å². The molecule has 0 saturated carbocycles. The van der Waals surface area contributed by atoms with Crippen LogP contribution in [0, 0.1) is 6.92 Å². The number of hydrogen-bond donors (Lipinski definition) is 0. The number of benzene rings is 1. The van der Waals surface area contributed by atoms with E-state index in [1.165, 1.54) is 0 Å². The van der Waals surface area contributed by atoms with Crippen LogP contribution in [0.3, 0.4) is 0 Å². The molecular weight excluding hydrogens is 300 g/mol. The Hall–Kier alpha value is -2.14. The van der Waals surface area contributed by atoms with Crippen molar-refractivity contribution >= 4 is 22.6 Å². The lowest BCUT2D eigenvalue weighted by molar-refractivity contribution is 0.545. The molecule has 3 aromatic rings. The van der Waals surface area contributed by atoms with E-state index in [9.17, 15) is 4.79 Å². The minimum atomic E-state index is -0.103. The van der Waals surface area contributed by atoms with Crippen LogP contribution in [0.2, 0.25) is 5.02 Å². The maximum absolute atomic E-state index is 12.6. The monoisotopic (exact) mass is 316 g/mol. The molecule has 0 aliphatic carbocycles. The zero-order chi connectivity index (χ0) is 15.9. The molecule has 0 aliphatic rings. The highest BCUT2D eigenvalue weighted by atomic mass is 35.5. The Morgan fingerprint density at radius 2 is 2.09 bits per heavy atom. The second-order valence-electron chi connectivity index (χ2n) is 5.69. The van der Waals surface area contributed by atoms with Gasteiger partial charge in [0.2, 0.25) is 0 Å². The summed E-state index contributed by atoms with van der Waals surface area (Å²) in [7, 11) is 0. The summed E-state index contributed by atoms with van der Waals surface area (Å²) in [5, 5.41) is 5.43. The third kappa shape index (κ3) is 2.52. The summed E-state index contributed by atoms with van der Waals surface area (Å²) in [6, 6.07) is 5.97. The molecule has 1 aromatic carbocycles. The maximum atomic E-state index is 12.6. The molecule has 3 rings (SSSR count). The molecule has 22 heavy (non-hydrogen) atoms. The molecule has 0 amide bonds. The average molecular weight is 317 g/mol. The van der Waals surface area contributed by atoms with Crippen LogP contribution >= 0.6 is 11.6 Å². The lowest BCUT2D eigenvalue weighted by Gasteiger charge is -2.09. The molecular formula is C16H17ClN4O. The molecule has 0 fully saturated rings. The first-order valence-electron chi connectivity index (χ1n) is 7.15. The van der Waals surface area contributed by atoms with E-state index >= 15 is 0 Å². The number of fused-ring (bicyclic) bond motifs is 1. The van der Waals surface area contributed by atoms with E-state index in [-0.39, 0.29) is 11.6 Å². The SMILES string of the molecule is Cc1ccc(Cn2cnc3c(cnn3C(C)C)c2=O)c(Cl)c1. The van der Waals surface area contributed by atoms with E-state index in [4.69, 9.17) is 11.6 Å². The van der Waals surface area contributed by atoms with Crippen LogP contribution < -0.4 is 5.56 Å². The highest BCUT2D eigenvalue weighted by Gasteiger charge is 2.12. The summed E-state index contributed by atoms with van der Waals surface area (Å²) in [6.07, 6.45) is 3.14. The molecule has 0 atom stereocenters. The van der Waals surface area contributed by atoms with Crippen molar-refractivity contribution in [1.82, 2.24) is 19.3 Å². The second-order valence-corrected chi connectivity index (χ2v) is 6.10. The van der Waals surface area contributed by atoms with Crippen LogP contribution in [0.25, 0.3) is 11.0 Å². The van der Waals surface area contributed by atoms with Gasteiger partial charge in [0.25, 0.3) is 5.56 Å². The fourth-order valence-corrected chi connectivity index (χ4v) is 2.72. The van der Waals surface area contributed by atoms with Gasteiger partial charge in [-0.2, -0.15) is 5.10 Å². The lowest BCUT2D eigenvalue weighted by Crippen LogP contribution is -2.21. The zero-order valence-electron chi connectivity index (χ0n) is 12.7. The molecule has 0 radical (unpaired) electrons. The Bertz CT molecular complexity index is 895. The van der Waals surface area contributed by atoms with E-state index < -0.39 is 0 Å². The van der Waals surface area contributed by atoms with Crippen molar-refractivity contribution in [3.05, 3.63) is 57.2 Å². The van der Waals surface area contributed by atoms with Gasteiger partial charge < -0.3 is 0 Å². The first-order valence-corrected chi connectivity index (χ1v) is 7.53. The van der Waals surface area contributed by atoms with Crippen molar-refractivity contribution in [2.24, 2.45) is 0 Å². The van der Waals surface area contributed by atoms with Crippen LogP contribution in [-0.4, -0.2) is 19.3 Å². The fourth-order valence-electron chi connectivity index (χ4n) is 2.42. The van der Waals surface area contributed by atoms with Crippen molar-refractivity contribution in [1.29, 1.82) is 0 Å². The Balaban J connectivity index is 2.05. The van der Waals surface area contributed by atoms with Gasteiger partial charge in [-0.25, -0.2) is 9.67 Å². The molecule has 0 unspecified atom stereocenters. The predicted molar refractivity (Wildman–Crippen MR) is 87.5 cm³/mol. The van der Waals surface area contributed by atoms with Gasteiger partial charge in [-0.15, -0.1) is 0 Å². The Morgan fingerprint density at radius 3 is 2.77 bits per heavy atom. The largest absolute Gasteiger partial charge is 0.294 e. The highest BCUT2D eigenvalue weighted by molar-refractivity contribution is 6.31. The number of hydrogen-bond acceptors (Lipinski definition) is 3. The minimum Gasteiger partial charge on any atom is -0.294 e. The molecule has 6 heteroatoms. The zero-order valence-corrected chi connectivity index (χ0v) is 13.5. The summed E-state index contributed by atoms with van der Waals surface area (Å²) < 4.78 is 3.31. The smallest absolute Gasteiger partial charge is 0.264 e. The third-order valence-corrected chi connectivity index (χ3v) is 3.97. The molecule has 5 nitrogen and oxygen atoms in total. The van der Waals surface area contributed by atoms with E-state index in [2.05, 4.69) is 10.1 Å². The molecule has 2 heterocycles. The van der Waals surface area contributed by atoms with Crippen LogP contribution in [0.15, 0.2) is 35.5 Å². The Labute approximate surface area is 133 Å². The standard InChI is InChI=1S/C16H17ClN4O/c1-10(2)21-15-13(7-19-21)16(22)20(9-18-15)8-12-5-4-11(3)6-14(12)17/h4-7,9-10H,8H2,1-3H3. The van der Waals surface area contributed by atoms with Crippen LogP contribution in [0.1, 0.15) is 31.0 Å². The molecule has 114 valence electrons. The van der Waals surface area contributed by atoms with E-state index in [0.29, 0.717) is 22.6 Å². The minimum absolute atomic E-state index is 0.103. The topological polar surface area (TPSA) is 52.7 Å². The molecule has 0 spiro atoms. The van der Waals surface area contributed by atoms with Crippen LogP contribution in [-0.2, 0) is 6.54 Å². The van der Waals surface area contributed by atoms with Gasteiger partial charge >= 0.3 is 0 Å². The fraction of sp³-hybridized carbons (Fsp3) is 0.312. The molecule has 0 saturated heterocycles. The summed E-state index contributed by atoms with van der Waals surface area (Å²) in [4.78, 5) is 17.0. The quantitative estimate of drug-likeness (QED) is 0.745. The highest BCUT2D eigenvalue weighted by Crippen LogP contribution is 2.18. The Kier molecular flexibility index (Phi) is 3.74. The third-order valence-electron chi connectivity index (χ3n) is 3.62. The maximum Gasteiger partial charge on any atom is 0.264 e. The first-order chi connectivity index (χ1) is 10.5. The van der Waals surface area contributed by atoms with Gasteiger partial charge in [0.05, 0.1) is 12.7 Å². The summed E-state index contributed by atoms with van der Waals surface area (Å²) in [5.74, 6) is 0. The van der Waals surface area contributed by atoms with Gasteiger partial charge in [-0.05, 0) is 38.0 Å². The summed E-state index contributed by atoms with van der Waals surface area (Å²) in [6.45, 7) is 6.39. The van der Waals surface area contributed by atoms with E-state index in [0.717, 1.165) is 11.1 Å². The van der Waals surface area contributed by atoms with Crippen molar-refractivity contribution in [2.75, 3.05) is 0 Å². The van der Waals surface area contributed by atoms with Gasteiger partial charge in [0, 0.05) is 11.1 Å². The second kappa shape index (κ2) is 5.57. The Morgan fingerprint density at radius 1 is 1.32 bits per heavy atom. The molecule has 0 N–H and O–H groups in total.